The van der Waals surface area contributed by atoms with Crippen LogP contribution in [0, 0.1) is 5.41 Å². The second kappa shape index (κ2) is 7.01. The van der Waals surface area contributed by atoms with Crippen molar-refractivity contribution in [3.8, 4) is 0 Å². The van der Waals surface area contributed by atoms with Crippen LogP contribution in [0.15, 0.2) is 60.7 Å². The minimum Gasteiger partial charge on any atom is -0.280 e. The maximum Gasteiger partial charge on any atom is 0.412 e. The molecule has 0 aliphatic carbocycles. The number of nitrogens with zero attached hydrogens (tertiary/aromatic N) is 1. The normalized spacial score (nSPS) is 12.7. The lowest BCUT2D eigenvalue weighted by molar-refractivity contribution is -0.325. The number of carbonyl (C=O) groups is 1. The van der Waals surface area contributed by atoms with Gasteiger partial charge in [0.1, 0.15) is 0 Å². The molecule has 0 saturated heterocycles. The van der Waals surface area contributed by atoms with Crippen LogP contribution in [0.4, 0.5) is 37.7 Å². The van der Waals surface area contributed by atoms with Gasteiger partial charge in [0, 0.05) is 11.4 Å². The topological polar surface area (TPSA) is 20.3 Å². The third-order valence-corrected chi connectivity index (χ3v) is 4.10. The van der Waals surface area contributed by atoms with Crippen molar-refractivity contribution in [2.24, 2.45) is 5.41 Å². The number of alkyl halides is 6. The van der Waals surface area contributed by atoms with E-state index in [0.29, 0.717) is 11.8 Å². The van der Waals surface area contributed by atoms with Crippen molar-refractivity contribution >= 4 is 17.3 Å². The Labute approximate surface area is 146 Å². The third kappa shape index (κ3) is 3.27. The highest BCUT2D eigenvalue weighted by Crippen LogP contribution is 2.54. The molecule has 0 radical (unpaired) electrons. The number of hydrogen-bond acceptors (Lipinski definition) is 1. The minimum atomic E-state index is -5.81. The standard InChI is InChI=1S/C18H15F6NO/c1-2-16(17(19,20)21,18(22,23)24)15(26)25(13-9-5-3-6-10-13)14-11-7-4-8-12-14/h3-12H,2H2,1H3. The molecule has 8 heteroatoms. The number of benzene rings is 2. The van der Waals surface area contributed by atoms with Crippen molar-refractivity contribution in [1.29, 1.82) is 0 Å². The van der Waals surface area contributed by atoms with Crippen molar-refractivity contribution in [1.82, 2.24) is 0 Å². The average Bonchev–Trinajstić information content (AvgIpc) is 2.55. The van der Waals surface area contributed by atoms with Crippen LogP contribution >= 0.6 is 0 Å². The zero-order valence-electron chi connectivity index (χ0n) is 13.6. The zero-order valence-corrected chi connectivity index (χ0v) is 13.6. The lowest BCUT2D eigenvalue weighted by Gasteiger charge is -2.39. The summed E-state index contributed by atoms with van der Waals surface area (Å²) in [4.78, 5) is 13.2. The van der Waals surface area contributed by atoms with Crippen LogP contribution in [0.1, 0.15) is 13.3 Å². The van der Waals surface area contributed by atoms with Crippen molar-refractivity contribution in [2.45, 2.75) is 25.7 Å². The minimum absolute atomic E-state index is 0.0879. The van der Waals surface area contributed by atoms with Crippen molar-refractivity contribution in [3.63, 3.8) is 0 Å². The van der Waals surface area contributed by atoms with Crippen LogP contribution in [0.25, 0.3) is 0 Å². The van der Waals surface area contributed by atoms with Crippen LogP contribution in [0.3, 0.4) is 0 Å². The first kappa shape index (κ1) is 19.8. The molecule has 0 N–H and O–H groups in total. The first-order valence-corrected chi connectivity index (χ1v) is 7.64. The number of carbonyl (C=O) groups excluding carboxylic acids is 1. The molecule has 26 heavy (non-hydrogen) atoms. The molecule has 2 aromatic carbocycles. The molecule has 2 nitrogen and oxygen atoms in total. The van der Waals surface area contributed by atoms with E-state index in [1.165, 1.54) is 60.7 Å². The van der Waals surface area contributed by atoms with Crippen LogP contribution in [-0.4, -0.2) is 18.3 Å². The number of para-hydroxylation sites is 2. The van der Waals surface area contributed by atoms with Gasteiger partial charge in [-0.2, -0.15) is 26.3 Å². The molecule has 0 bridgehead atoms. The highest BCUT2D eigenvalue weighted by molar-refractivity contribution is 6.04. The summed E-state index contributed by atoms with van der Waals surface area (Å²) < 4.78 is 81.3. The summed E-state index contributed by atoms with van der Waals surface area (Å²) in [6, 6.07) is 13.9. The maximum absolute atomic E-state index is 13.5. The van der Waals surface area contributed by atoms with Crippen LogP contribution in [0.5, 0.6) is 0 Å². The van der Waals surface area contributed by atoms with E-state index in [1.54, 1.807) is 0 Å². The molecule has 2 aromatic rings. The summed E-state index contributed by atoms with van der Waals surface area (Å²) in [6.45, 7) is 0.701. The van der Waals surface area contributed by atoms with Crippen LogP contribution in [0.2, 0.25) is 0 Å². The Bertz CT molecular complexity index is 686. The van der Waals surface area contributed by atoms with E-state index >= 15 is 0 Å². The third-order valence-electron chi connectivity index (χ3n) is 4.10. The van der Waals surface area contributed by atoms with E-state index in [4.69, 9.17) is 0 Å². The molecule has 0 unspecified atom stereocenters. The van der Waals surface area contributed by atoms with E-state index in [-0.39, 0.29) is 11.4 Å². The van der Waals surface area contributed by atoms with Gasteiger partial charge in [-0.1, -0.05) is 43.3 Å². The second-order valence-corrected chi connectivity index (χ2v) is 5.57. The summed E-state index contributed by atoms with van der Waals surface area (Å²) in [7, 11) is 0. The van der Waals surface area contributed by atoms with Gasteiger partial charge in [0.25, 0.3) is 5.91 Å². The summed E-state index contributed by atoms with van der Waals surface area (Å²) in [6.07, 6.45) is -13.1. The van der Waals surface area contributed by atoms with Gasteiger partial charge in [0.2, 0.25) is 5.41 Å². The van der Waals surface area contributed by atoms with Gasteiger partial charge in [-0.3, -0.25) is 9.69 Å². The predicted molar refractivity (Wildman–Crippen MR) is 84.9 cm³/mol. The Morgan fingerprint density at radius 3 is 1.38 bits per heavy atom. The molecule has 0 aromatic heterocycles. The summed E-state index contributed by atoms with van der Waals surface area (Å²) >= 11 is 0. The molecule has 140 valence electrons. The first-order chi connectivity index (χ1) is 12.1. The first-order valence-electron chi connectivity index (χ1n) is 7.64. The Kier molecular flexibility index (Phi) is 5.34. The lowest BCUT2D eigenvalue weighted by atomic mass is 9.81. The SMILES string of the molecule is CCC(C(=O)N(c1ccccc1)c1ccccc1)(C(F)(F)F)C(F)(F)F. The summed E-state index contributed by atoms with van der Waals surface area (Å²) in [5, 5.41) is 0. The number of halogens is 6. The van der Waals surface area contributed by atoms with E-state index in [2.05, 4.69) is 0 Å². The smallest absolute Gasteiger partial charge is 0.280 e. The maximum atomic E-state index is 13.5. The molecular formula is C18H15F6NO. The Morgan fingerprint density at radius 1 is 0.769 bits per heavy atom. The summed E-state index contributed by atoms with van der Waals surface area (Å²) in [5.41, 5.74) is -4.68. The molecule has 1 amide bonds. The molecular weight excluding hydrogens is 360 g/mol. The molecule has 2 rings (SSSR count). The average molecular weight is 375 g/mol. The van der Waals surface area contributed by atoms with Gasteiger partial charge in [-0.25, -0.2) is 0 Å². The van der Waals surface area contributed by atoms with Crippen molar-refractivity contribution in [2.75, 3.05) is 4.90 Å². The fourth-order valence-corrected chi connectivity index (χ4v) is 2.68. The van der Waals surface area contributed by atoms with Gasteiger partial charge >= 0.3 is 12.4 Å². The van der Waals surface area contributed by atoms with Gasteiger partial charge < -0.3 is 0 Å². The highest BCUT2D eigenvalue weighted by atomic mass is 19.4. The largest absolute Gasteiger partial charge is 0.412 e. The van der Waals surface area contributed by atoms with Crippen LogP contribution < -0.4 is 4.90 Å². The fraction of sp³-hybridized carbons (Fsp3) is 0.278. The van der Waals surface area contributed by atoms with Crippen molar-refractivity contribution < 1.29 is 31.1 Å². The predicted octanol–water partition coefficient (Wildman–Crippen LogP) is 5.87. The monoisotopic (exact) mass is 375 g/mol. The second-order valence-electron chi connectivity index (χ2n) is 5.57. The number of hydrogen-bond donors (Lipinski definition) is 0. The fourth-order valence-electron chi connectivity index (χ4n) is 2.68. The van der Waals surface area contributed by atoms with Crippen LogP contribution in [-0.2, 0) is 4.79 Å². The Hall–Kier alpha value is -2.51. The molecule has 0 atom stereocenters. The van der Waals surface area contributed by atoms with Gasteiger partial charge in [-0.05, 0) is 30.7 Å². The molecule has 0 saturated carbocycles. The van der Waals surface area contributed by atoms with Crippen molar-refractivity contribution in [3.05, 3.63) is 60.7 Å². The zero-order chi connectivity index (χ0) is 19.6. The molecule has 0 aliphatic rings. The lowest BCUT2D eigenvalue weighted by Crippen LogP contribution is -2.59. The van der Waals surface area contributed by atoms with E-state index in [1.807, 2.05) is 0 Å². The molecule has 0 aliphatic heterocycles. The van der Waals surface area contributed by atoms with Gasteiger partial charge in [0.05, 0.1) is 0 Å². The number of rotatable bonds is 4. The molecule has 0 spiro atoms. The van der Waals surface area contributed by atoms with E-state index in [9.17, 15) is 31.1 Å². The van der Waals surface area contributed by atoms with E-state index < -0.39 is 30.1 Å². The molecule has 0 fully saturated rings. The Morgan fingerprint density at radius 2 is 1.12 bits per heavy atom. The summed E-state index contributed by atoms with van der Waals surface area (Å²) in [5.74, 6) is -2.09. The number of amides is 1. The highest BCUT2D eigenvalue weighted by Gasteiger charge is 2.75. The molecule has 0 heterocycles. The van der Waals surface area contributed by atoms with Gasteiger partial charge in [0.15, 0.2) is 0 Å². The van der Waals surface area contributed by atoms with E-state index in [0.717, 1.165) is 0 Å². The number of anilines is 2. The Balaban J connectivity index is 2.73. The van der Waals surface area contributed by atoms with Gasteiger partial charge in [-0.15, -0.1) is 0 Å². The quantitative estimate of drug-likeness (QED) is 0.612.